The molecule has 3 heteroatoms. The van der Waals surface area contributed by atoms with Gasteiger partial charge < -0.3 is 4.74 Å². The van der Waals surface area contributed by atoms with Crippen molar-refractivity contribution in [1.29, 1.82) is 10.5 Å². The van der Waals surface area contributed by atoms with Crippen molar-refractivity contribution < 1.29 is 4.74 Å². The fraction of sp³-hybridized carbons (Fsp3) is 0.588. The van der Waals surface area contributed by atoms with Crippen molar-refractivity contribution in [2.24, 2.45) is 5.92 Å². The van der Waals surface area contributed by atoms with E-state index in [-0.39, 0.29) is 0 Å². The topological polar surface area (TPSA) is 56.8 Å². The first-order valence-corrected chi connectivity index (χ1v) is 14.9. The van der Waals surface area contributed by atoms with Gasteiger partial charge in [0.05, 0.1) is 17.7 Å². The summed E-state index contributed by atoms with van der Waals surface area (Å²) in [6, 6.07) is 16.9. The minimum atomic E-state index is 0.389. The highest BCUT2D eigenvalue weighted by atomic mass is 16.5. The van der Waals surface area contributed by atoms with Crippen LogP contribution in [0.15, 0.2) is 36.4 Å². The maximum absolute atomic E-state index is 10.1. The van der Waals surface area contributed by atoms with Crippen molar-refractivity contribution in [2.45, 2.75) is 116 Å². The van der Waals surface area contributed by atoms with Crippen molar-refractivity contribution >= 4 is 0 Å². The quantitative estimate of drug-likeness (QED) is 0.229. The summed E-state index contributed by atoms with van der Waals surface area (Å²) < 4.78 is 5.91. The first kappa shape index (κ1) is 28.8. The molecule has 0 spiro atoms. The van der Waals surface area contributed by atoms with Crippen LogP contribution >= 0.6 is 0 Å². The average molecular weight is 499 g/mol. The second-order valence-electron chi connectivity index (χ2n) is 10.9. The van der Waals surface area contributed by atoms with Gasteiger partial charge in [0, 0.05) is 5.56 Å². The van der Waals surface area contributed by atoms with Crippen LogP contribution in [0.1, 0.15) is 133 Å². The Balaban J connectivity index is 1.61. The van der Waals surface area contributed by atoms with Crippen LogP contribution in [-0.4, -0.2) is 6.61 Å². The molecule has 0 saturated heterocycles. The van der Waals surface area contributed by atoms with Gasteiger partial charge in [-0.1, -0.05) is 102 Å². The summed E-state index contributed by atoms with van der Waals surface area (Å²) in [7, 11) is 0. The highest BCUT2D eigenvalue weighted by Gasteiger charge is 2.26. The van der Waals surface area contributed by atoms with Gasteiger partial charge in [-0.2, -0.15) is 10.5 Å². The van der Waals surface area contributed by atoms with E-state index in [1.54, 1.807) is 0 Å². The van der Waals surface area contributed by atoms with Gasteiger partial charge in [-0.3, -0.25) is 0 Å². The third-order valence-corrected chi connectivity index (χ3v) is 8.15. The van der Waals surface area contributed by atoms with Crippen LogP contribution in [0.25, 0.3) is 11.1 Å². The second-order valence-corrected chi connectivity index (χ2v) is 10.9. The first-order chi connectivity index (χ1) is 18.2. The van der Waals surface area contributed by atoms with Gasteiger partial charge in [0.1, 0.15) is 17.9 Å². The Hall–Kier alpha value is -2.78. The number of benzene rings is 2. The smallest absolute Gasteiger partial charge is 0.119 e. The van der Waals surface area contributed by atoms with Crippen molar-refractivity contribution in [1.82, 2.24) is 0 Å². The van der Waals surface area contributed by atoms with E-state index in [4.69, 9.17) is 4.74 Å². The molecule has 0 aliphatic heterocycles. The maximum Gasteiger partial charge on any atom is 0.119 e. The van der Waals surface area contributed by atoms with E-state index >= 15 is 0 Å². The Morgan fingerprint density at radius 1 is 0.703 bits per heavy atom. The molecule has 2 aromatic carbocycles. The molecule has 0 amide bonds. The summed E-state index contributed by atoms with van der Waals surface area (Å²) in [6.45, 7) is 5.23. The fourth-order valence-corrected chi connectivity index (χ4v) is 5.86. The number of hydrogen-bond acceptors (Lipinski definition) is 3. The molecule has 1 saturated carbocycles. The van der Waals surface area contributed by atoms with E-state index < -0.39 is 0 Å². The zero-order chi connectivity index (χ0) is 26.3. The van der Waals surface area contributed by atoms with Crippen LogP contribution in [0.2, 0.25) is 0 Å². The molecule has 37 heavy (non-hydrogen) atoms. The third-order valence-electron chi connectivity index (χ3n) is 8.15. The van der Waals surface area contributed by atoms with Gasteiger partial charge in [-0.05, 0) is 67.2 Å². The number of nitriles is 2. The Morgan fingerprint density at radius 3 is 1.95 bits per heavy atom. The number of hydrogen-bond donors (Lipinski definition) is 0. The minimum Gasteiger partial charge on any atom is -0.494 e. The molecule has 1 fully saturated rings. The van der Waals surface area contributed by atoms with Crippen LogP contribution < -0.4 is 4.74 Å². The highest BCUT2D eigenvalue weighted by Crippen LogP contribution is 2.41. The van der Waals surface area contributed by atoms with E-state index in [0.717, 1.165) is 54.2 Å². The number of rotatable bonds is 15. The summed E-state index contributed by atoms with van der Waals surface area (Å²) in [4.78, 5) is 0. The second kappa shape index (κ2) is 16.1. The molecule has 0 bridgehead atoms. The predicted octanol–water partition coefficient (Wildman–Crippen LogP) is 10.1. The van der Waals surface area contributed by atoms with Gasteiger partial charge in [0.2, 0.25) is 0 Å². The van der Waals surface area contributed by atoms with E-state index in [9.17, 15) is 10.5 Å². The lowest BCUT2D eigenvalue weighted by Crippen LogP contribution is -2.15. The highest BCUT2D eigenvalue weighted by molar-refractivity contribution is 5.75. The summed E-state index contributed by atoms with van der Waals surface area (Å²) in [5, 5.41) is 20.1. The molecule has 2 aromatic rings. The molecule has 0 radical (unpaired) electrons. The standard InChI is InChI=1S/C34H46N2O/c1-3-5-7-9-11-13-27-14-16-28(17-15-27)31-22-23-32(34(26-36)33(31)25-35)29-18-20-30(21-19-29)37-24-12-10-8-6-4-2/h18-23,27-28H,3-17,24H2,1-2H3/t27-,28-. The molecule has 0 heterocycles. The molecular formula is C34H46N2O. The molecular weight excluding hydrogens is 452 g/mol. The van der Waals surface area contributed by atoms with Crippen molar-refractivity contribution in [2.75, 3.05) is 6.61 Å². The molecule has 0 atom stereocenters. The molecule has 1 aliphatic rings. The van der Waals surface area contributed by atoms with Crippen LogP contribution in [0, 0.1) is 28.6 Å². The summed E-state index contributed by atoms with van der Waals surface area (Å²) in [6.07, 6.45) is 18.9. The summed E-state index contributed by atoms with van der Waals surface area (Å²) >= 11 is 0. The normalized spacial score (nSPS) is 17.2. The van der Waals surface area contributed by atoms with Crippen LogP contribution in [-0.2, 0) is 0 Å². The molecule has 3 rings (SSSR count). The van der Waals surface area contributed by atoms with Gasteiger partial charge in [0.15, 0.2) is 0 Å². The van der Waals surface area contributed by atoms with Gasteiger partial charge in [-0.25, -0.2) is 0 Å². The molecule has 1 aliphatic carbocycles. The molecule has 0 N–H and O–H groups in total. The van der Waals surface area contributed by atoms with Crippen LogP contribution in [0.3, 0.4) is 0 Å². The molecule has 198 valence electrons. The van der Waals surface area contributed by atoms with Gasteiger partial charge in [-0.15, -0.1) is 0 Å². The van der Waals surface area contributed by atoms with E-state index in [1.807, 2.05) is 24.3 Å². The summed E-state index contributed by atoms with van der Waals surface area (Å²) in [5.74, 6) is 2.08. The molecule has 0 aromatic heterocycles. The van der Waals surface area contributed by atoms with Crippen molar-refractivity contribution in [3.63, 3.8) is 0 Å². The Kier molecular flexibility index (Phi) is 12.6. The lowest BCUT2D eigenvalue weighted by molar-refractivity contribution is 0.301. The van der Waals surface area contributed by atoms with Gasteiger partial charge >= 0.3 is 0 Å². The van der Waals surface area contributed by atoms with Crippen LogP contribution in [0.4, 0.5) is 0 Å². The maximum atomic E-state index is 10.1. The summed E-state index contributed by atoms with van der Waals surface area (Å²) in [5.41, 5.74) is 3.97. The Morgan fingerprint density at radius 2 is 1.32 bits per heavy atom. The molecule has 3 nitrogen and oxygen atoms in total. The zero-order valence-electron chi connectivity index (χ0n) is 23.2. The SMILES string of the molecule is CCCCCCCOc1ccc(-c2ccc([C@H]3CC[C@H](CCCCCCC)CC3)c(C#N)c2C#N)cc1. The van der Waals surface area contributed by atoms with Crippen LogP contribution in [0.5, 0.6) is 5.75 Å². The largest absolute Gasteiger partial charge is 0.494 e. The predicted molar refractivity (Wildman–Crippen MR) is 154 cm³/mol. The molecule has 0 unspecified atom stereocenters. The fourth-order valence-electron chi connectivity index (χ4n) is 5.86. The Labute approximate surface area is 225 Å². The Bertz CT molecular complexity index is 1020. The number of ether oxygens (including phenoxy) is 1. The first-order valence-electron chi connectivity index (χ1n) is 14.9. The van der Waals surface area contributed by atoms with Crippen molar-refractivity contribution in [3.05, 3.63) is 53.1 Å². The lowest BCUT2D eigenvalue weighted by Gasteiger charge is -2.29. The number of nitrogens with zero attached hydrogens (tertiary/aromatic N) is 2. The number of unbranched alkanes of at least 4 members (excludes halogenated alkanes) is 8. The third kappa shape index (κ3) is 8.64. The monoisotopic (exact) mass is 498 g/mol. The lowest BCUT2D eigenvalue weighted by atomic mass is 9.75. The average Bonchev–Trinajstić information content (AvgIpc) is 2.94. The zero-order valence-corrected chi connectivity index (χ0v) is 23.2. The minimum absolute atomic E-state index is 0.389. The van der Waals surface area contributed by atoms with Gasteiger partial charge in [0.25, 0.3) is 0 Å². The van der Waals surface area contributed by atoms with Crippen molar-refractivity contribution in [3.8, 4) is 29.0 Å². The van der Waals surface area contributed by atoms with E-state index in [1.165, 1.54) is 77.0 Å². The van der Waals surface area contributed by atoms with E-state index in [2.05, 4.69) is 38.1 Å². The van der Waals surface area contributed by atoms with E-state index in [0.29, 0.717) is 17.0 Å².